The third kappa shape index (κ3) is 2.31. The largest absolute Gasteiger partial charge is 0.352 e. The number of nitrogens with one attached hydrogen (secondary N) is 1. The summed E-state index contributed by atoms with van der Waals surface area (Å²) < 4.78 is 0. The van der Waals surface area contributed by atoms with Gasteiger partial charge in [0.05, 0.1) is 17.8 Å². The van der Waals surface area contributed by atoms with E-state index in [4.69, 9.17) is 12.2 Å². The Balaban J connectivity index is 2.02. The third-order valence-corrected chi connectivity index (χ3v) is 5.01. The zero-order chi connectivity index (χ0) is 14.1. The summed E-state index contributed by atoms with van der Waals surface area (Å²) in [6.45, 7) is 5.18. The maximum Gasteiger partial charge on any atom is 0.170 e. The molecule has 0 radical (unpaired) electrons. The molecular weight excluding hydrogens is 286 g/mol. The van der Waals surface area contributed by atoms with Crippen LogP contribution in [0, 0.1) is 6.92 Å². The summed E-state index contributed by atoms with van der Waals surface area (Å²) in [6.07, 6.45) is 1.84. The molecule has 1 fully saturated rings. The molecule has 2 aromatic rings. The number of nitrogens with zero attached hydrogens (tertiary/aromatic N) is 2. The van der Waals surface area contributed by atoms with Crippen LogP contribution in [0.25, 0.3) is 0 Å². The number of thiocarbonyl (C=S) groups is 1. The molecule has 0 bridgehead atoms. The van der Waals surface area contributed by atoms with Gasteiger partial charge in [0.2, 0.25) is 0 Å². The SMILES string of the molecule is CCN1C(=S)N[C@@H](c2ccccn2)[C@@H]1c1ccc(C)s1. The summed E-state index contributed by atoms with van der Waals surface area (Å²) in [5.74, 6) is 0. The van der Waals surface area contributed by atoms with Crippen LogP contribution in [0.2, 0.25) is 0 Å². The van der Waals surface area contributed by atoms with Crippen LogP contribution in [0.5, 0.6) is 0 Å². The molecule has 3 heterocycles. The van der Waals surface area contributed by atoms with Crippen molar-refractivity contribution in [3.63, 3.8) is 0 Å². The van der Waals surface area contributed by atoms with Crippen LogP contribution in [0.3, 0.4) is 0 Å². The van der Waals surface area contributed by atoms with Gasteiger partial charge in [-0.2, -0.15) is 0 Å². The lowest BCUT2D eigenvalue weighted by atomic mass is 10.0. The van der Waals surface area contributed by atoms with Gasteiger partial charge in [-0.15, -0.1) is 11.3 Å². The third-order valence-electron chi connectivity index (χ3n) is 3.59. The molecule has 5 heteroatoms. The molecule has 0 aromatic carbocycles. The van der Waals surface area contributed by atoms with E-state index in [9.17, 15) is 0 Å². The zero-order valence-corrected chi connectivity index (χ0v) is 13.2. The fraction of sp³-hybridized carbons (Fsp3) is 0.333. The summed E-state index contributed by atoms with van der Waals surface area (Å²) in [6, 6.07) is 10.8. The second-order valence-corrected chi connectivity index (χ2v) is 6.57. The van der Waals surface area contributed by atoms with Gasteiger partial charge in [0.1, 0.15) is 0 Å². The van der Waals surface area contributed by atoms with E-state index in [0.29, 0.717) is 0 Å². The van der Waals surface area contributed by atoms with E-state index < -0.39 is 0 Å². The van der Waals surface area contributed by atoms with Crippen LogP contribution in [0.15, 0.2) is 36.5 Å². The van der Waals surface area contributed by atoms with E-state index in [1.807, 2.05) is 29.7 Å². The molecule has 0 saturated carbocycles. The van der Waals surface area contributed by atoms with Crippen LogP contribution < -0.4 is 5.32 Å². The molecular formula is C15H17N3S2. The predicted molar refractivity (Wildman–Crippen MR) is 86.9 cm³/mol. The van der Waals surface area contributed by atoms with Crippen molar-refractivity contribution in [1.29, 1.82) is 0 Å². The lowest BCUT2D eigenvalue weighted by molar-refractivity contribution is 0.335. The Morgan fingerprint density at radius 2 is 2.20 bits per heavy atom. The highest BCUT2D eigenvalue weighted by Crippen LogP contribution is 2.40. The maximum absolute atomic E-state index is 5.49. The Morgan fingerprint density at radius 3 is 2.80 bits per heavy atom. The van der Waals surface area contributed by atoms with Crippen molar-refractivity contribution >= 4 is 28.7 Å². The van der Waals surface area contributed by atoms with Crippen molar-refractivity contribution in [3.8, 4) is 0 Å². The Bertz CT molecular complexity index is 609. The predicted octanol–water partition coefficient (Wildman–Crippen LogP) is 3.44. The number of rotatable bonds is 3. The number of likely N-dealkylation sites (N-methyl/N-ethyl adjacent to an activating group) is 1. The van der Waals surface area contributed by atoms with E-state index in [2.05, 4.69) is 47.2 Å². The van der Waals surface area contributed by atoms with Crippen LogP contribution in [-0.2, 0) is 0 Å². The highest BCUT2D eigenvalue weighted by molar-refractivity contribution is 7.80. The Kier molecular flexibility index (Phi) is 3.72. The molecule has 1 aliphatic rings. The monoisotopic (exact) mass is 303 g/mol. The van der Waals surface area contributed by atoms with Crippen LogP contribution in [-0.4, -0.2) is 21.5 Å². The van der Waals surface area contributed by atoms with Crippen molar-refractivity contribution in [2.24, 2.45) is 0 Å². The highest BCUT2D eigenvalue weighted by atomic mass is 32.1. The second-order valence-electron chi connectivity index (χ2n) is 4.86. The first-order valence-electron chi connectivity index (χ1n) is 6.75. The fourth-order valence-electron chi connectivity index (χ4n) is 2.67. The molecule has 3 rings (SSSR count). The van der Waals surface area contributed by atoms with E-state index in [1.54, 1.807) is 0 Å². The van der Waals surface area contributed by atoms with E-state index in [-0.39, 0.29) is 12.1 Å². The lowest BCUT2D eigenvalue weighted by Gasteiger charge is -2.25. The topological polar surface area (TPSA) is 28.2 Å². The molecule has 2 atom stereocenters. The molecule has 1 N–H and O–H groups in total. The van der Waals surface area contributed by atoms with Crippen LogP contribution in [0.1, 0.15) is 34.5 Å². The number of aryl methyl sites for hydroxylation is 1. The van der Waals surface area contributed by atoms with E-state index in [1.165, 1.54) is 9.75 Å². The Hall–Kier alpha value is -1.46. The van der Waals surface area contributed by atoms with E-state index in [0.717, 1.165) is 17.4 Å². The van der Waals surface area contributed by atoms with Gasteiger partial charge in [-0.3, -0.25) is 4.98 Å². The summed E-state index contributed by atoms with van der Waals surface area (Å²) in [7, 11) is 0. The van der Waals surface area contributed by atoms with Gasteiger partial charge in [-0.1, -0.05) is 6.07 Å². The summed E-state index contributed by atoms with van der Waals surface area (Å²) in [5.41, 5.74) is 1.04. The second kappa shape index (κ2) is 5.50. The minimum absolute atomic E-state index is 0.127. The van der Waals surface area contributed by atoms with Gasteiger partial charge in [0.15, 0.2) is 5.11 Å². The number of hydrogen-bond donors (Lipinski definition) is 1. The van der Waals surface area contributed by atoms with Gasteiger partial charge < -0.3 is 10.2 Å². The number of thiophene rings is 1. The molecule has 1 saturated heterocycles. The van der Waals surface area contributed by atoms with Crippen molar-refractivity contribution < 1.29 is 0 Å². The van der Waals surface area contributed by atoms with Crippen LogP contribution in [0.4, 0.5) is 0 Å². The van der Waals surface area contributed by atoms with Gasteiger partial charge in [0, 0.05) is 22.5 Å². The van der Waals surface area contributed by atoms with Crippen LogP contribution >= 0.6 is 23.6 Å². The summed E-state index contributed by atoms with van der Waals surface area (Å²) in [5, 5.41) is 4.25. The zero-order valence-electron chi connectivity index (χ0n) is 11.5. The van der Waals surface area contributed by atoms with Crippen molar-refractivity contribution in [2.45, 2.75) is 25.9 Å². The van der Waals surface area contributed by atoms with E-state index >= 15 is 0 Å². The van der Waals surface area contributed by atoms with Gasteiger partial charge in [0.25, 0.3) is 0 Å². The first kappa shape index (κ1) is 13.5. The Labute approximate surface area is 128 Å². The molecule has 2 aromatic heterocycles. The smallest absolute Gasteiger partial charge is 0.170 e. The molecule has 0 aliphatic carbocycles. The van der Waals surface area contributed by atoms with Gasteiger partial charge in [-0.05, 0) is 50.3 Å². The first-order valence-corrected chi connectivity index (χ1v) is 7.97. The number of aromatic nitrogens is 1. The summed E-state index contributed by atoms with van der Waals surface area (Å²) >= 11 is 7.33. The molecule has 1 aliphatic heterocycles. The van der Waals surface area contributed by atoms with Gasteiger partial charge in [-0.25, -0.2) is 0 Å². The maximum atomic E-state index is 5.49. The van der Waals surface area contributed by atoms with Crippen molar-refractivity contribution in [2.75, 3.05) is 6.54 Å². The fourth-order valence-corrected chi connectivity index (χ4v) is 4.06. The quantitative estimate of drug-likeness (QED) is 0.879. The standard InChI is InChI=1S/C15H17N3S2/c1-3-18-14(12-8-7-10(2)20-12)13(17-15(18)19)11-6-4-5-9-16-11/h4-9,13-14H,3H2,1-2H3,(H,17,19)/t13-,14-/m0/s1. The molecule has 0 unspecified atom stereocenters. The molecule has 0 amide bonds. The first-order chi connectivity index (χ1) is 9.70. The highest BCUT2D eigenvalue weighted by Gasteiger charge is 2.39. The number of pyridine rings is 1. The molecule has 0 spiro atoms. The van der Waals surface area contributed by atoms with Gasteiger partial charge >= 0.3 is 0 Å². The summed E-state index contributed by atoms with van der Waals surface area (Å²) in [4.78, 5) is 9.42. The lowest BCUT2D eigenvalue weighted by Crippen LogP contribution is -2.28. The minimum atomic E-state index is 0.127. The molecule has 104 valence electrons. The number of hydrogen-bond acceptors (Lipinski definition) is 3. The average Bonchev–Trinajstić information content (AvgIpc) is 3.03. The minimum Gasteiger partial charge on any atom is -0.352 e. The molecule has 20 heavy (non-hydrogen) atoms. The average molecular weight is 303 g/mol. The normalized spacial score (nSPS) is 22.1. The van der Waals surface area contributed by atoms with Crippen molar-refractivity contribution in [3.05, 3.63) is 52.0 Å². The Morgan fingerprint density at radius 1 is 1.35 bits per heavy atom. The van der Waals surface area contributed by atoms with Crippen molar-refractivity contribution in [1.82, 2.24) is 15.2 Å². The molecule has 3 nitrogen and oxygen atoms in total.